The number of nitrogens with one attached hydrogen (secondary N) is 1. The molecule has 2 aromatic heterocycles. The summed E-state index contributed by atoms with van der Waals surface area (Å²) in [5, 5.41) is 4.65. The molecule has 2 heterocycles. The lowest BCUT2D eigenvalue weighted by atomic mass is 10.1. The van der Waals surface area contributed by atoms with E-state index in [1.54, 1.807) is 11.3 Å². The van der Waals surface area contributed by atoms with Crippen molar-refractivity contribution in [3.63, 3.8) is 0 Å². The summed E-state index contributed by atoms with van der Waals surface area (Å²) in [5.74, 6) is 0.989. The Morgan fingerprint density at radius 1 is 1.24 bits per heavy atom. The van der Waals surface area contributed by atoms with E-state index in [-0.39, 0.29) is 6.04 Å². The third-order valence-electron chi connectivity index (χ3n) is 3.34. The first-order valence-electron chi connectivity index (χ1n) is 6.83. The Morgan fingerprint density at radius 2 is 2.10 bits per heavy atom. The Labute approximate surface area is 144 Å². The molecule has 1 unspecified atom stereocenters. The predicted molar refractivity (Wildman–Crippen MR) is 96.1 cm³/mol. The molecular formula is C16H15Br2NOS. The zero-order valence-corrected chi connectivity index (χ0v) is 15.5. The van der Waals surface area contributed by atoms with Crippen LogP contribution in [0.15, 0.2) is 49.1 Å². The van der Waals surface area contributed by atoms with Crippen molar-refractivity contribution >= 4 is 54.2 Å². The van der Waals surface area contributed by atoms with E-state index in [1.165, 1.54) is 8.66 Å². The number of fused-ring (bicyclic) bond motifs is 1. The van der Waals surface area contributed by atoms with Gasteiger partial charge in [0.15, 0.2) is 0 Å². The molecule has 0 saturated heterocycles. The zero-order chi connectivity index (χ0) is 14.8. The Morgan fingerprint density at radius 3 is 2.76 bits per heavy atom. The topological polar surface area (TPSA) is 25.2 Å². The molecule has 0 bridgehead atoms. The molecule has 21 heavy (non-hydrogen) atoms. The summed E-state index contributed by atoms with van der Waals surface area (Å²) in [5.41, 5.74) is 0.919. The molecule has 1 aromatic carbocycles. The second kappa shape index (κ2) is 6.65. The van der Waals surface area contributed by atoms with Crippen molar-refractivity contribution in [2.45, 2.75) is 19.4 Å². The van der Waals surface area contributed by atoms with Gasteiger partial charge in [-0.3, -0.25) is 0 Å². The van der Waals surface area contributed by atoms with Crippen LogP contribution in [0.5, 0.6) is 0 Å². The van der Waals surface area contributed by atoms with Crippen LogP contribution in [-0.4, -0.2) is 6.54 Å². The molecule has 0 amide bonds. The minimum Gasteiger partial charge on any atom is -0.458 e. The van der Waals surface area contributed by atoms with Crippen LogP contribution in [0.4, 0.5) is 0 Å². The van der Waals surface area contributed by atoms with Crippen LogP contribution in [-0.2, 0) is 6.42 Å². The van der Waals surface area contributed by atoms with E-state index in [9.17, 15) is 0 Å². The molecule has 0 fully saturated rings. The molecule has 0 spiro atoms. The third-order valence-corrected chi connectivity index (χ3v) is 5.61. The van der Waals surface area contributed by atoms with Gasteiger partial charge in [-0.05, 0) is 62.7 Å². The number of para-hydroxylation sites is 1. The zero-order valence-electron chi connectivity index (χ0n) is 11.5. The highest BCUT2D eigenvalue weighted by Gasteiger charge is 2.18. The largest absolute Gasteiger partial charge is 0.458 e. The lowest BCUT2D eigenvalue weighted by Gasteiger charge is -2.14. The van der Waals surface area contributed by atoms with E-state index in [4.69, 9.17) is 4.42 Å². The fourth-order valence-electron chi connectivity index (χ4n) is 2.40. The molecular weight excluding hydrogens is 414 g/mol. The van der Waals surface area contributed by atoms with Gasteiger partial charge in [0.1, 0.15) is 11.3 Å². The SMILES string of the molecule is CCNC(Cc1ccc(Br)s1)c1cc2cccc(Br)c2o1. The average molecular weight is 429 g/mol. The van der Waals surface area contributed by atoms with Crippen LogP contribution in [0.3, 0.4) is 0 Å². The Bertz CT molecular complexity index is 750. The van der Waals surface area contributed by atoms with Crippen LogP contribution in [0.2, 0.25) is 0 Å². The van der Waals surface area contributed by atoms with E-state index in [0.717, 1.165) is 34.2 Å². The minimum absolute atomic E-state index is 0.194. The molecule has 1 atom stereocenters. The first-order valence-corrected chi connectivity index (χ1v) is 9.23. The molecule has 1 N–H and O–H groups in total. The summed E-state index contributed by atoms with van der Waals surface area (Å²) in [6.45, 7) is 3.03. The summed E-state index contributed by atoms with van der Waals surface area (Å²) in [4.78, 5) is 1.34. The van der Waals surface area contributed by atoms with E-state index >= 15 is 0 Å². The fraction of sp³-hybridized carbons (Fsp3) is 0.250. The Kier molecular flexibility index (Phi) is 4.84. The van der Waals surface area contributed by atoms with Crippen molar-refractivity contribution in [3.05, 3.63) is 55.3 Å². The number of hydrogen-bond donors (Lipinski definition) is 1. The highest BCUT2D eigenvalue weighted by molar-refractivity contribution is 9.11. The van der Waals surface area contributed by atoms with Gasteiger partial charge in [-0.2, -0.15) is 0 Å². The second-order valence-electron chi connectivity index (χ2n) is 4.83. The predicted octanol–water partition coefficient (Wildman–Crippen LogP) is 5.91. The van der Waals surface area contributed by atoms with Crippen LogP contribution in [0.1, 0.15) is 23.6 Å². The highest BCUT2D eigenvalue weighted by atomic mass is 79.9. The Balaban J connectivity index is 1.93. The number of hydrogen-bond acceptors (Lipinski definition) is 3. The summed E-state index contributed by atoms with van der Waals surface area (Å²) in [7, 11) is 0. The third kappa shape index (κ3) is 3.42. The van der Waals surface area contributed by atoms with E-state index in [0.29, 0.717) is 0 Å². The molecule has 3 aromatic rings. The summed E-state index contributed by atoms with van der Waals surface area (Å²) in [6.07, 6.45) is 0.932. The second-order valence-corrected chi connectivity index (χ2v) is 8.23. The van der Waals surface area contributed by atoms with Gasteiger partial charge in [-0.15, -0.1) is 11.3 Å². The molecule has 0 radical (unpaired) electrons. The molecule has 2 nitrogen and oxygen atoms in total. The van der Waals surface area contributed by atoms with E-state index in [1.807, 2.05) is 12.1 Å². The minimum atomic E-state index is 0.194. The maximum absolute atomic E-state index is 6.08. The maximum Gasteiger partial charge on any atom is 0.148 e. The lowest BCUT2D eigenvalue weighted by Crippen LogP contribution is -2.22. The van der Waals surface area contributed by atoms with Gasteiger partial charge >= 0.3 is 0 Å². The molecule has 0 saturated carbocycles. The van der Waals surface area contributed by atoms with Gasteiger partial charge in [0.2, 0.25) is 0 Å². The van der Waals surface area contributed by atoms with Crippen LogP contribution in [0, 0.1) is 0 Å². The summed E-state index contributed by atoms with van der Waals surface area (Å²) in [6, 6.07) is 12.7. The van der Waals surface area contributed by atoms with Crippen LogP contribution in [0.25, 0.3) is 11.0 Å². The van der Waals surface area contributed by atoms with Crippen molar-refractivity contribution < 1.29 is 4.42 Å². The maximum atomic E-state index is 6.08. The summed E-state index contributed by atoms with van der Waals surface area (Å²) >= 11 is 8.85. The molecule has 0 aliphatic rings. The first-order chi connectivity index (χ1) is 10.2. The van der Waals surface area contributed by atoms with Crippen molar-refractivity contribution in [1.82, 2.24) is 5.32 Å². The first kappa shape index (κ1) is 15.3. The van der Waals surface area contributed by atoms with E-state index in [2.05, 4.69) is 68.4 Å². The fourth-order valence-corrected chi connectivity index (χ4v) is 4.39. The standard InChI is InChI=1S/C16H15Br2NOS/c1-2-19-13(9-11-6-7-15(18)21-11)14-8-10-4-3-5-12(17)16(10)20-14/h3-8,13,19H,2,9H2,1H3. The Hall–Kier alpha value is -0.620. The smallest absolute Gasteiger partial charge is 0.148 e. The number of furan rings is 1. The van der Waals surface area contributed by atoms with Gasteiger partial charge in [0.05, 0.1) is 14.3 Å². The monoisotopic (exact) mass is 427 g/mol. The average Bonchev–Trinajstić information content (AvgIpc) is 3.05. The molecule has 110 valence electrons. The number of rotatable bonds is 5. The quantitative estimate of drug-likeness (QED) is 0.546. The number of likely N-dealkylation sites (N-methyl/N-ethyl adjacent to an activating group) is 1. The van der Waals surface area contributed by atoms with Crippen LogP contribution < -0.4 is 5.32 Å². The van der Waals surface area contributed by atoms with Gasteiger partial charge in [0, 0.05) is 16.7 Å². The number of thiophene rings is 1. The van der Waals surface area contributed by atoms with Gasteiger partial charge in [-0.25, -0.2) is 0 Å². The number of halogens is 2. The van der Waals surface area contributed by atoms with E-state index < -0.39 is 0 Å². The van der Waals surface area contributed by atoms with Crippen molar-refractivity contribution in [3.8, 4) is 0 Å². The van der Waals surface area contributed by atoms with Crippen LogP contribution >= 0.6 is 43.2 Å². The normalized spacial score (nSPS) is 12.9. The van der Waals surface area contributed by atoms with Crippen molar-refractivity contribution in [1.29, 1.82) is 0 Å². The molecule has 0 aliphatic heterocycles. The summed E-state index contributed by atoms with van der Waals surface area (Å²) < 4.78 is 8.24. The molecule has 3 rings (SSSR count). The number of benzene rings is 1. The lowest BCUT2D eigenvalue weighted by molar-refractivity contribution is 0.436. The molecule has 5 heteroatoms. The van der Waals surface area contributed by atoms with Gasteiger partial charge in [0.25, 0.3) is 0 Å². The van der Waals surface area contributed by atoms with Crippen molar-refractivity contribution in [2.24, 2.45) is 0 Å². The highest BCUT2D eigenvalue weighted by Crippen LogP contribution is 2.32. The van der Waals surface area contributed by atoms with Gasteiger partial charge < -0.3 is 9.73 Å². The van der Waals surface area contributed by atoms with Gasteiger partial charge in [-0.1, -0.05) is 19.1 Å². The molecule has 0 aliphatic carbocycles. The van der Waals surface area contributed by atoms with Crippen molar-refractivity contribution in [2.75, 3.05) is 6.54 Å².